The summed E-state index contributed by atoms with van der Waals surface area (Å²) in [6, 6.07) is 17.6. The molecule has 248 valence electrons. The first-order valence-electron chi connectivity index (χ1n) is 18.1. The van der Waals surface area contributed by atoms with Crippen molar-refractivity contribution in [3.63, 3.8) is 0 Å². The van der Waals surface area contributed by atoms with E-state index in [1.54, 1.807) is 14.2 Å². The van der Waals surface area contributed by atoms with Crippen LogP contribution in [-0.4, -0.2) is 72.3 Å². The highest BCUT2D eigenvalue weighted by Gasteiger charge is 2.48. The van der Waals surface area contributed by atoms with Gasteiger partial charge in [0.15, 0.2) is 0 Å². The Morgan fingerprint density at radius 2 is 1.15 bits per heavy atom. The molecule has 10 atom stereocenters. The second-order valence-electron chi connectivity index (χ2n) is 14.6. The predicted octanol–water partition coefficient (Wildman–Crippen LogP) is 7.84. The number of ether oxygens (including phenoxy) is 3. The Morgan fingerprint density at radius 1 is 0.681 bits per heavy atom. The quantitative estimate of drug-likeness (QED) is 0.176. The molecule has 6 aliphatic rings. The van der Waals surface area contributed by atoms with Crippen molar-refractivity contribution in [3.05, 3.63) is 72.1 Å². The Labute approximate surface area is 279 Å². The Kier molecular flexibility index (Phi) is 8.57. The van der Waals surface area contributed by atoms with Gasteiger partial charge in [0.2, 0.25) is 0 Å². The zero-order valence-corrected chi connectivity index (χ0v) is 28.5. The minimum atomic E-state index is -0.115. The number of nitrogens with zero attached hydrogens (tertiary/aromatic N) is 4. The summed E-state index contributed by atoms with van der Waals surface area (Å²) in [4.78, 5) is 15.1. The molecular formula is C40H50N4O3. The monoisotopic (exact) mass is 634 g/mol. The molecule has 47 heavy (non-hydrogen) atoms. The third-order valence-corrected chi connectivity index (χ3v) is 12.5. The molecule has 0 amide bonds. The zero-order valence-electron chi connectivity index (χ0n) is 28.5. The van der Waals surface area contributed by atoms with Gasteiger partial charge in [0.05, 0.1) is 37.5 Å². The maximum atomic E-state index is 7.89. The maximum absolute atomic E-state index is 7.89. The van der Waals surface area contributed by atoms with Crippen molar-refractivity contribution in [2.45, 2.75) is 76.7 Å². The number of rotatable bonds is 10. The normalized spacial score (nSPS) is 31.2. The van der Waals surface area contributed by atoms with Gasteiger partial charge in [-0.15, -0.1) is 0 Å². The summed E-state index contributed by atoms with van der Waals surface area (Å²) in [5.74, 6) is 4.74. The molecule has 6 aliphatic heterocycles. The second kappa shape index (κ2) is 13.0. The molecule has 6 saturated heterocycles. The van der Waals surface area contributed by atoms with Crippen LogP contribution in [0.15, 0.2) is 60.9 Å². The summed E-state index contributed by atoms with van der Waals surface area (Å²) in [5, 5.41) is 2.26. The second-order valence-corrected chi connectivity index (χ2v) is 14.6. The van der Waals surface area contributed by atoms with Gasteiger partial charge in [0.1, 0.15) is 11.5 Å². The van der Waals surface area contributed by atoms with Crippen molar-refractivity contribution in [3.8, 4) is 11.5 Å². The van der Waals surface area contributed by atoms with Crippen LogP contribution in [0, 0.1) is 23.7 Å². The van der Waals surface area contributed by atoms with Crippen LogP contribution in [0.5, 0.6) is 11.5 Å². The third kappa shape index (κ3) is 5.58. The van der Waals surface area contributed by atoms with Crippen LogP contribution in [0.4, 0.5) is 0 Å². The number of aromatic nitrogens is 2. The Morgan fingerprint density at radius 3 is 1.53 bits per heavy atom. The summed E-state index contributed by atoms with van der Waals surface area (Å²) >= 11 is 0. The fourth-order valence-electron chi connectivity index (χ4n) is 9.86. The number of piperidine rings is 6. The fraction of sp³-hybridized carbons (Fsp3) is 0.550. The van der Waals surface area contributed by atoms with Crippen molar-refractivity contribution in [2.24, 2.45) is 23.7 Å². The predicted molar refractivity (Wildman–Crippen MR) is 187 cm³/mol. The lowest BCUT2D eigenvalue weighted by Crippen LogP contribution is -2.57. The Balaban J connectivity index is 1.28. The molecule has 0 N–H and O–H groups in total. The molecule has 2 aromatic heterocycles. The molecule has 4 bridgehead atoms. The minimum Gasteiger partial charge on any atom is -0.497 e. The lowest BCUT2D eigenvalue weighted by Gasteiger charge is -2.55. The van der Waals surface area contributed by atoms with E-state index in [2.05, 4.69) is 60.0 Å². The SMILES string of the molecule is CC[C@H]1CN2CC[C@H]1C[C@@H]2[C@@H](O[C@@H](c1ccnc2ccc(OC)cc12)[C@H]1C[C@@H]2CCN1C[C@@H]2CC)c1ccnc2ccc(OC)cc12. The minimum absolute atomic E-state index is 0.115. The first-order valence-corrected chi connectivity index (χ1v) is 18.1. The number of methoxy groups -OCH3 is 2. The lowest BCUT2D eigenvalue weighted by molar-refractivity contribution is -0.145. The lowest BCUT2D eigenvalue weighted by atomic mass is 9.71. The molecule has 0 radical (unpaired) electrons. The molecule has 0 saturated carbocycles. The molecule has 7 nitrogen and oxygen atoms in total. The first-order chi connectivity index (χ1) is 23.1. The molecule has 10 rings (SSSR count). The van der Waals surface area contributed by atoms with Gasteiger partial charge in [0.25, 0.3) is 0 Å². The van der Waals surface area contributed by atoms with E-state index in [9.17, 15) is 0 Å². The maximum Gasteiger partial charge on any atom is 0.119 e. The molecule has 6 fully saturated rings. The van der Waals surface area contributed by atoms with Crippen molar-refractivity contribution in [1.82, 2.24) is 19.8 Å². The number of benzene rings is 2. The van der Waals surface area contributed by atoms with E-state index in [-0.39, 0.29) is 12.2 Å². The average molecular weight is 635 g/mol. The number of pyridine rings is 2. The van der Waals surface area contributed by atoms with E-state index < -0.39 is 0 Å². The molecule has 0 spiro atoms. The van der Waals surface area contributed by atoms with Gasteiger partial charge >= 0.3 is 0 Å². The van der Waals surface area contributed by atoms with Crippen LogP contribution in [0.2, 0.25) is 0 Å². The van der Waals surface area contributed by atoms with Crippen molar-refractivity contribution < 1.29 is 14.2 Å². The highest BCUT2D eigenvalue weighted by molar-refractivity contribution is 5.85. The van der Waals surface area contributed by atoms with E-state index in [1.807, 2.05) is 24.5 Å². The standard InChI is InChI=1S/C40H50N4O3/c1-5-25-23-43-17-13-27(25)19-37(43)39(31-11-15-41-35-9-7-29(45-3)21-33(31)35)47-40(38-20-28-14-18-44(38)24-26(28)6-2)32-12-16-42-36-10-8-30(46-4)22-34(32)36/h7-12,15-16,21-22,25-28,37-40H,5-6,13-14,17-20,23-24H2,1-4H3/t25-,26-,27-,28-,37+,38+,39-,40-/m0/s1. The topological polar surface area (TPSA) is 60.0 Å². The van der Waals surface area contributed by atoms with Crippen LogP contribution < -0.4 is 9.47 Å². The van der Waals surface area contributed by atoms with E-state index in [0.29, 0.717) is 12.1 Å². The van der Waals surface area contributed by atoms with Gasteiger partial charge in [-0.25, -0.2) is 0 Å². The molecule has 2 aromatic carbocycles. The van der Waals surface area contributed by atoms with Crippen LogP contribution in [0.25, 0.3) is 21.8 Å². The van der Waals surface area contributed by atoms with E-state index in [1.165, 1.54) is 49.7 Å². The third-order valence-electron chi connectivity index (χ3n) is 12.5. The molecule has 0 aliphatic carbocycles. The Hall–Kier alpha value is -3.26. The highest BCUT2D eigenvalue weighted by Crippen LogP contribution is 2.49. The van der Waals surface area contributed by atoms with Gasteiger partial charge in [-0.3, -0.25) is 19.8 Å². The van der Waals surface area contributed by atoms with Gasteiger partial charge < -0.3 is 14.2 Å². The fourth-order valence-corrected chi connectivity index (χ4v) is 9.86. The zero-order chi connectivity index (χ0) is 32.1. The Bertz CT molecular complexity index is 1600. The van der Waals surface area contributed by atoms with E-state index in [4.69, 9.17) is 24.2 Å². The van der Waals surface area contributed by atoms with Crippen LogP contribution in [-0.2, 0) is 4.74 Å². The van der Waals surface area contributed by atoms with Gasteiger partial charge in [-0.2, -0.15) is 0 Å². The van der Waals surface area contributed by atoms with Crippen molar-refractivity contribution >= 4 is 21.8 Å². The summed E-state index contributed by atoms with van der Waals surface area (Å²) in [6.45, 7) is 9.35. The van der Waals surface area contributed by atoms with Crippen molar-refractivity contribution in [1.29, 1.82) is 0 Å². The first kappa shape index (κ1) is 31.0. The number of hydrogen-bond donors (Lipinski definition) is 0. The smallest absolute Gasteiger partial charge is 0.119 e. The van der Waals surface area contributed by atoms with Gasteiger partial charge in [0, 0.05) is 48.3 Å². The largest absolute Gasteiger partial charge is 0.497 e. The van der Waals surface area contributed by atoms with Gasteiger partial charge in [-0.05, 0) is 122 Å². The van der Waals surface area contributed by atoms with Crippen LogP contribution in [0.3, 0.4) is 0 Å². The molecule has 2 unspecified atom stereocenters. The average Bonchev–Trinajstić information content (AvgIpc) is 3.14. The van der Waals surface area contributed by atoms with Crippen molar-refractivity contribution in [2.75, 3.05) is 40.4 Å². The molecule has 4 aromatic rings. The molecular weight excluding hydrogens is 584 g/mol. The van der Waals surface area contributed by atoms with E-state index in [0.717, 1.165) is 83.2 Å². The number of fused-ring (bicyclic) bond motifs is 8. The van der Waals surface area contributed by atoms with E-state index >= 15 is 0 Å². The molecule has 8 heterocycles. The number of hydrogen-bond acceptors (Lipinski definition) is 7. The molecule has 7 heteroatoms. The van der Waals surface area contributed by atoms with Crippen LogP contribution in [0.1, 0.15) is 75.7 Å². The van der Waals surface area contributed by atoms with Crippen LogP contribution >= 0.6 is 0 Å². The highest BCUT2D eigenvalue weighted by atomic mass is 16.5. The summed E-state index contributed by atoms with van der Waals surface area (Å²) in [7, 11) is 3.49. The van der Waals surface area contributed by atoms with Gasteiger partial charge in [-0.1, -0.05) is 26.7 Å². The summed E-state index contributed by atoms with van der Waals surface area (Å²) in [6.07, 6.45) is 11.1. The summed E-state index contributed by atoms with van der Waals surface area (Å²) < 4.78 is 19.4. The summed E-state index contributed by atoms with van der Waals surface area (Å²) in [5.41, 5.74) is 4.42.